The Morgan fingerprint density at radius 1 is 0.946 bits per heavy atom. The van der Waals surface area contributed by atoms with Crippen LogP contribution in [0.25, 0.3) is 22.5 Å². The maximum atomic E-state index is 6.12. The van der Waals surface area contributed by atoms with Gasteiger partial charge in [-0.2, -0.15) is 10.3 Å². The lowest BCUT2D eigenvalue weighted by Crippen LogP contribution is -2.26. The second-order valence-corrected chi connectivity index (χ2v) is 10.4. The van der Waals surface area contributed by atoms with Crippen molar-refractivity contribution in [2.45, 2.75) is 83.7 Å². The van der Waals surface area contributed by atoms with Crippen LogP contribution < -0.4 is 5.73 Å². The number of unbranched alkanes of at least 4 members (excludes halogenated alkanes) is 2. The van der Waals surface area contributed by atoms with Gasteiger partial charge in [0.05, 0.1) is 6.54 Å². The van der Waals surface area contributed by atoms with Gasteiger partial charge in [-0.05, 0) is 66.3 Å². The SMILES string of the molecule is CCCCCc1nc(CCC2CCC(N)CC2)n(Cc2ccc(-c3ccccc3-c3nn[nH]n3)cc2)n1. The van der Waals surface area contributed by atoms with Crippen LogP contribution in [0.15, 0.2) is 48.5 Å². The van der Waals surface area contributed by atoms with Gasteiger partial charge in [-0.15, -0.1) is 10.2 Å². The quantitative estimate of drug-likeness (QED) is 0.269. The number of nitrogens with zero attached hydrogens (tertiary/aromatic N) is 6. The van der Waals surface area contributed by atoms with Crippen molar-refractivity contribution in [1.82, 2.24) is 35.4 Å². The molecule has 0 unspecified atom stereocenters. The number of nitrogens with one attached hydrogen (secondary N) is 1. The molecule has 8 heteroatoms. The summed E-state index contributed by atoms with van der Waals surface area (Å²) in [5.74, 6) is 3.46. The Balaban J connectivity index is 1.31. The number of tetrazole rings is 1. The maximum Gasteiger partial charge on any atom is 0.205 e. The van der Waals surface area contributed by atoms with Crippen LogP contribution in [-0.2, 0) is 19.4 Å². The molecular formula is C29H38N8. The number of benzene rings is 2. The van der Waals surface area contributed by atoms with E-state index in [4.69, 9.17) is 15.8 Å². The third-order valence-electron chi connectivity index (χ3n) is 7.57. The van der Waals surface area contributed by atoms with Crippen LogP contribution in [0.2, 0.25) is 0 Å². The number of aromatic amines is 1. The molecule has 0 radical (unpaired) electrons. The fourth-order valence-corrected chi connectivity index (χ4v) is 5.36. The molecule has 194 valence electrons. The fourth-order valence-electron chi connectivity index (χ4n) is 5.36. The highest BCUT2D eigenvalue weighted by Crippen LogP contribution is 2.30. The Labute approximate surface area is 219 Å². The zero-order chi connectivity index (χ0) is 25.5. The topological polar surface area (TPSA) is 111 Å². The van der Waals surface area contributed by atoms with Gasteiger partial charge in [-0.3, -0.25) is 0 Å². The van der Waals surface area contributed by atoms with Crippen LogP contribution in [0.4, 0.5) is 0 Å². The number of aromatic nitrogens is 7. The van der Waals surface area contributed by atoms with Gasteiger partial charge in [0.15, 0.2) is 5.82 Å². The summed E-state index contributed by atoms with van der Waals surface area (Å²) in [6.07, 6.45) is 11.5. The average Bonchev–Trinajstić information content (AvgIpc) is 3.60. The van der Waals surface area contributed by atoms with Crippen molar-refractivity contribution >= 4 is 0 Å². The zero-order valence-electron chi connectivity index (χ0n) is 21.8. The Morgan fingerprint density at radius 3 is 2.46 bits per heavy atom. The highest BCUT2D eigenvalue weighted by molar-refractivity contribution is 5.80. The molecule has 1 aliphatic carbocycles. The lowest BCUT2D eigenvalue weighted by molar-refractivity contribution is 0.308. The largest absolute Gasteiger partial charge is 0.328 e. The van der Waals surface area contributed by atoms with E-state index in [0.717, 1.165) is 72.9 Å². The van der Waals surface area contributed by atoms with Crippen molar-refractivity contribution in [1.29, 1.82) is 0 Å². The summed E-state index contributed by atoms with van der Waals surface area (Å²) < 4.78 is 2.14. The average molecular weight is 499 g/mol. The van der Waals surface area contributed by atoms with Crippen LogP contribution in [0.1, 0.15) is 75.5 Å². The molecule has 2 aromatic carbocycles. The van der Waals surface area contributed by atoms with E-state index in [0.29, 0.717) is 11.9 Å². The van der Waals surface area contributed by atoms with Gasteiger partial charge in [-0.1, -0.05) is 68.3 Å². The van der Waals surface area contributed by atoms with Crippen LogP contribution in [0, 0.1) is 5.92 Å². The normalized spacial score (nSPS) is 17.8. The summed E-state index contributed by atoms with van der Waals surface area (Å²) in [5.41, 5.74) is 10.5. The van der Waals surface area contributed by atoms with Crippen molar-refractivity contribution in [2.24, 2.45) is 11.7 Å². The van der Waals surface area contributed by atoms with Gasteiger partial charge in [0.25, 0.3) is 0 Å². The first kappa shape index (κ1) is 25.3. The van der Waals surface area contributed by atoms with E-state index < -0.39 is 0 Å². The summed E-state index contributed by atoms with van der Waals surface area (Å²) >= 11 is 0. The van der Waals surface area contributed by atoms with Gasteiger partial charge in [0.1, 0.15) is 5.82 Å². The van der Waals surface area contributed by atoms with E-state index in [9.17, 15) is 0 Å². The minimum atomic E-state index is 0.396. The summed E-state index contributed by atoms with van der Waals surface area (Å²) in [6.45, 7) is 2.97. The molecule has 1 aliphatic rings. The predicted octanol–water partition coefficient (Wildman–Crippen LogP) is 5.36. The summed E-state index contributed by atoms with van der Waals surface area (Å²) in [7, 11) is 0. The Morgan fingerprint density at radius 2 is 1.73 bits per heavy atom. The number of hydrogen-bond donors (Lipinski definition) is 2. The second kappa shape index (κ2) is 12.2. The maximum absolute atomic E-state index is 6.12. The van der Waals surface area contributed by atoms with Crippen LogP contribution in [-0.4, -0.2) is 41.4 Å². The molecule has 2 aromatic heterocycles. The monoisotopic (exact) mass is 498 g/mol. The fraction of sp³-hybridized carbons (Fsp3) is 0.483. The molecule has 1 fully saturated rings. The molecule has 1 saturated carbocycles. The van der Waals surface area contributed by atoms with Crippen molar-refractivity contribution < 1.29 is 0 Å². The molecule has 8 nitrogen and oxygen atoms in total. The minimum absolute atomic E-state index is 0.396. The van der Waals surface area contributed by atoms with Gasteiger partial charge >= 0.3 is 0 Å². The van der Waals surface area contributed by atoms with Crippen molar-refractivity contribution in [2.75, 3.05) is 0 Å². The highest BCUT2D eigenvalue weighted by Gasteiger charge is 2.20. The lowest BCUT2D eigenvalue weighted by Gasteiger charge is -2.25. The molecule has 4 aromatic rings. The van der Waals surface area contributed by atoms with Crippen molar-refractivity contribution in [3.05, 3.63) is 65.7 Å². The summed E-state index contributed by atoms with van der Waals surface area (Å²) in [4.78, 5) is 4.99. The molecule has 0 bridgehead atoms. The molecule has 37 heavy (non-hydrogen) atoms. The van der Waals surface area contributed by atoms with Crippen LogP contribution >= 0.6 is 0 Å². The Hall–Kier alpha value is -3.39. The third-order valence-corrected chi connectivity index (χ3v) is 7.57. The first-order valence-corrected chi connectivity index (χ1v) is 13.8. The molecule has 5 rings (SSSR count). The molecule has 2 heterocycles. The number of hydrogen-bond acceptors (Lipinski definition) is 6. The van der Waals surface area contributed by atoms with Crippen LogP contribution in [0.3, 0.4) is 0 Å². The first-order chi connectivity index (χ1) is 18.2. The second-order valence-electron chi connectivity index (χ2n) is 10.4. The van der Waals surface area contributed by atoms with Crippen molar-refractivity contribution in [3.63, 3.8) is 0 Å². The molecule has 3 N–H and O–H groups in total. The number of nitrogens with two attached hydrogens (primary N) is 1. The molecule has 0 atom stereocenters. The van der Waals surface area contributed by atoms with Crippen LogP contribution in [0.5, 0.6) is 0 Å². The summed E-state index contributed by atoms with van der Waals surface area (Å²) in [5, 5.41) is 19.5. The van der Waals surface area contributed by atoms with E-state index >= 15 is 0 Å². The van der Waals surface area contributed by atoms with E-state index in [1.165, 1.54) is 37.7 Å². The Bertz CT molecular complexity index is 1240. The van der Waals surface area contributed by atoms with Gasteiger partial charge in [0.2, 0.25) is 5.82 Å². The third kappa shape index (κ3) is 6.49. The molecule has 0 amide bonds. The molecular weight excluding hydrogens is 460 g/mol. The van der Waals surface area contributed by atoms with E-state index in [1.807, 2.05) is 18.2 Å². The molecule has 0 spiro atoms. The lowest BCUT2D eigenvalue weighted by atomic mass is 9.84. The number of rotatable bonds is 11. The smallest absolute Gasteiger partial charge is 0.205 e. The van der Waals surface area contributed by atoms with Gasteiger partial charge in [0, 0.05) is 24.4 Å². The van der Waals surface area contributed by atoms with Gasteiger partial charge in [-0.25, -0.2) is 9.67 Å². The van der Waals surface area contributed by atoms with Crippen molar-refractivity contribution in [3.8, 4) is 22.5 Å². The predicted molar refractivity (Wildman–Crippen MR) is 146 cm³/mol. The standard InChI is InChI=1S/C29H38N8/c1-2-3-4-9-27-31-28(19-14-21-12-17-24(30)18-13-21)37(34-27)20-22-10-15-23(16-11-22)25-7-5-6-8-26(25)29-32-35-36-33-29/h5-8,10-11,15-16,21,24H,2-4,9,12-14,17-20,30H2,1H3,(H,32,33,35,36). The minimum Gasteiger partial charge on any atom is -0.328 e. The number of H-pyrrole nitrogens is 1. The molecule has 0 saturated heterocycles. The molecule has 0 aliphatic heterocycles. The Kier molecular flexibility index (Phi) is 8.35. The highest BCUT2D eigenvalue weighted by atomic mass is 15.5. The van der Waals surface area contributed by atoms with E-state index in [1.54, 1.807) is 0 Å². The van der Waals surface area contributed by atoms with Gasteiger partial charge < -0.3 is 5.73 Å². The zero-order valence-corrected chi connectivity index (χ0v) is 21.8. The number of aryl methyl sites for hydroxylation is 2. The van der Waals surface area contributed by atoms with E-state index in [-0.39, 0.29) is 0 Å². The van der Waals surface area contributed by atoms with E-state index in [2.05, 4.69) is 62.6 Å². The first-order valence-electron chi connectivity index (χ1n) is 13.8. The summed E-state index contributed by atoms with van der Waals surface area (Å²) in [6, 6.07) is 17.3.